The predicted octanol–water partition coefficient (Wildman–Crippen LogP) is 2.59. The first-order valence-electron chi connectivity index (χ1n) is 5.16. The number of hydrogen-bond donors (Lipinski definition) is 1. The van der Waals surface area contributed by atoms with Crippen molar-refractivity contribution in [2.45, 2.75) is 58.0 Å². The van der Waals surface area contributed by atoms with E-state index in [1.165, 1.54) is 19.3 Å². The van der Waals surface area contributed by atoms with Gasteiger partial charge in [0.05, 0.1) is 11.1 Å². The van der Waals surface area contributed by atoms with Crippen LogP contribution in [0.1, 0.15) is 47.0 Å². The Hall–Kier alpha value is -0.255. The second-order valence-corrected chi connectivity index (χ2v) is 5.47. The number of nitrogens with two attached hydrogens (primary N) is 1. The summed E-state index contributed by atoms with van der Waals surface area (Å²) in [4.78, 5) is 0. The molecule has 2 N–H and O–H groups in total. The molecule has 1 rings (SSSR count). The molecule has 1 aliphatic rings. The first-order chi connectivity index (χ1) is 6.41. The number of halogens is 4. The summed E-state index contributed by atoms with van der Waals surface area (Å²) in [6.45, 7) is 9.36. The molecule has 0 amide bonds. The third-order valence-corrected chi connectivity index (χ3v) is 2.42. The van der Waals surface area contributed by atoms with Crippen molar-refractivity contribution in [1.29, 1.82) is 0 Å². The van der Waals surface area contributed by atoms with E-state index in [9.17, 15) is 17.3 Å². The summed E-state index contributed by atoms with van der Waals surface area (Å²) in [5.74, 6) is 0. The fourth-order valence-electron chi connectivity index (χ4n) is 2.20. The van der Waals surface area contributed by atoms with Crippen molar-refractivity contribution in [2.24, 2.45) is 0 Å². The van der Waals surface area contributed by atoms with E-state index in [0.717, 1.165) is 0 Å². The zero-order chi connectivity index (χ0) is 12.3. The second kappa shape index (κ2) is 4.72. The van der Waals surface area contributed by atoms with Gasteiger partial charge in [0.25, 0.3) is 0 Å². The Balaban J connectivity index is 0.000000336. The molecule has 0 bridgehead atoms. The summed E-state index contributed by atoms with van der Waals surface area (Å²) in [6.07, 6.45) is 4.14. The molecule has 0 atom stereocenters. The predicted molar refractivity (Wildman–Crippen MR) is 54.1 cm³/mol. The first kappa shape index (κ1) is 14.7. The highest BCUT2D eigenvalue weighted by atomic mass is 19.5. The van der Waals surface area contributed by atoms with Crippen LogP contribution >= 0.6 is 0 Å². The van der Waals surface area contributed by atoms with Crippen LogP contribution in [-0.4, -0.2) is 18.3 Å². The van der Waals surface area contributed by atoms with E-state index in [-0.39, 0.29) is 0 Å². The first-order valence-corrected chi connectivity index (χ1v) is 5.16. The van der Waals surface area contributed by atoms with E-state index < -0.39 is 7.25 Å². The van der Waals surface area contributed by atoms with Gasteiger partial charge in [0.15, 0.2) is 0 Å². The van der Waals surface area contributed by atoms with Crippen molar-refractivity contribution in [3.8, 4) is 0 Å². The Morgan fingerprint density at radius 2 is 1.13 bits per heavy atom. The van der Waals surface area contributed by atoms with E-state index in [4.69, 9.17) is 0 Å². The van der Waals surface area contributed by atoms with E-state index in [1.54, 1.807) is 0 Å². The molecule has 1 fully saturated rings. The van der Waals surface area contributed by atoms with Gasteiger partial charge < -0.3 is 22.6 Å². The van der Waals surface area contributed by atoms with E-state index in [1.807, 2.05) is 0 Å². The molecule has 92 valence electrons. The maximum Gasteiger partial charge on any atom is 0.673 e. The van der Waals surface area contributed by atoms with Crippen LogP contribution in [0.4, 0.5) is 17.3 Å². The molecular weight excluding hydrogens is 209 g/mol. The molecule has 0 radical (unpaired) electrons. The molecule has 1 saturated heterocycles. The Morgan fingerprint density at radius 1 is 0.867 bits per heavy atom. The van der Waals surface area contributed by atoms with Gasteiger partial charge in [-0.25, -0.2) is 0 Å². The molecule has 1 aliphatic heterocycles. The van der Waals surface area contributed by atoms with Gasteiger partial charge in [-0.05, 0) is 34.1 Å². The lowest BCUT2D eigenvalue weighted by Gasteiger charge is -2.38. The molecule has 0 unspecified atom stereocenters. The molecule has 15 heavy (non-hydrogen) atoms. The molecule has 0 saturated carbocycles. The Labute approximate surface area is 88.7 Å². The highest BCUT2D eigenvalue weighted by Crippen LogP contribution is 2.20. The molecule has 1 nitrogen and oxygen atoms in total. The normalized spacial score (nSPS) is 24.0. The lowest BCUT2D eigenvalue weighted by molar-refractivity contribution is -0.787. The van der Waals surface area contributed by atoms with Crippen LogP contribution in [0.3, 0.4) is 0 Å². The van der Waals surface area contributed by atoms with Crippen molar-refractivity contribution >= 4 is 7.25 Å². The van der Waals surface area contributed by atoms with Gasteiger partial charge in [0.2, 0.25) is 0 Å². The van der Waals surface area contributed by atoms with Crippen LogP contribution in [0.15, 0.2) is 0 Å². The van der Waals surface area contributed by atoms with Crippen LogP contribution in [0, 0.1) is 0 Å². The molecule has 0 spiro atoms. The molecular formula is C9H20BF4N. The second-order valence-electron chi connectivity index (χ2n) is 5.47. The van der Waals surface area contributed by atoms with E-state index in [2.05, 4.69) is 33.0 Å². The van der Waals surface area contributed by atoms with Gasteiger partial charge >= 0.3 is 7.25 Å². The van der Waals surface area contributed by atoms with Crippen LogP contribution in [0.2, 0.25) is 0 Å². The molecule has 1 heterocycles. The Kier molecular flexibility index (Phi) is 4.64. The SMILES string of the molecule is CC1(C)CCCC(C)(C)[NH2+]1.F[B-](F)(F)F. The number of quaternary nitrogens is 1. The zero-order valence-corrected chi connectivity index (χ0v) is 9.79. The fraction of sp³-hybridized carbons (Fsp3) is 1.00. The van der Waals surface area contributed by atoms with Crippen molar-refractivity contribution in [2.75, 3.05) is 0 Å². The third-order valence-electron chi connectivity index (χ3n) is 2.42. The summed E-state index contributed by atoms with van der Waals surface area (Å²) < 4.78 is 39.0. The third kappa shape index (κ3) is 10.0. The minimum Gasteiger partial charge on any atom is -0.418 e. The Bertz CT molecular complexity index is 181. The quantitative estimate of drug-likeness (QED) is 0.485. The van der Waals surface area contributed by atoms with Crippen LogP contribution in [0.5, 0.6) is 0 Å². The van der Waals surface area contributed by atoms with Gasteiger partial charge in [-0.1, -0.05) is 0 Å². The van der Waals surface area contributed by atoms with Gasteiger partial charge in [-0.15, -0.1) is 0 Å². The standard InChI is InChI=1S/C9H19N.BF4/c1-8(2)6-5-7-9(3,4)10-8;2-1(3,4)5/h10H,5-7H2,1-4H3;/q;-1/p+1. The zero-order valence-electron chi connectivity index (χ0n) is 9.79. The number of hydrogen-bond acceptors (Lipinski definition) is 0. The van der Waals surface area contributed by atoms with Crippen molar-refractivity contribution in [1.82, 2.24) is 0 Å². The molecule has 0 aromatic carbocycles. The van der Waals surface area contributed by atoms with E-state index >= 15 is 0 Å². The largest absolute Gasteiger partial charge is 0.673 e. The highest BCUT2D eigenvalue weighted by Gasteiger charge is 2.35. The molecule has 0 aromatic heterocycles. The van der Waals surface area contributed by atoms with Gasteiger partial charge in [-0.2, -0.15) is 0 Å². The van der Waals surface area contributed by atoms with Crippen molar-refractivity contribution in [3.63, 3.8) is 0 Å². The lowest BCUT2D eigenvalue weighted by atomic mass is 9.83. The van der Waals surface area contributed by atoms with Crippen LogP contribution in [0.25, 0.3) is 0 Å². The number of piperidine rings is 1. The summed E-state index contributed by atoms with van der Waals surface area (Å²) in [5, 5.41) is 2.52. The minimum absolute atomic E-state index is 0.488. The number of rotatable bonds is 0. The average molecular weight is 229 g/mol. The average Bonchev–Trinajstić information content (AvgIpc) is 1.74. The van der Waals surface area contributed by atoms with Gasteiger partial charge in [0.1, 0.15) is 0 Å². The summed E-state index contributed by atoms with van der Waals surface area (Å²) in [5.41, 5.74) is 0.976. The maximum atomic E-state index is 9.75. The molecule has 0 aliphatic carbocycles. The minimum atomic E-state index is -6.00. The van der Waals surface area contributed by atoms with Crippen LogP contribution in [-0.2, 0) is 0 Å². The van der Waals surface area contributed by atoms with E-state index in [0.29, 0.717) is 11.1 Å². The molecule has 6 heteroatoms. The summed E-state index contributed by atoms with van der Waals surface area (Å²) >= 11 is 0. The van der Waals surface area contributed by atoms with Crippen molar-refractivity contribution in [3.05, 3.63) is 0 Å². The fourth-order valence-corrected chi connectivity index (χ4v) is 2.20. The molecule has 0 aromatic rings. The summed E-state index contributed by atoms with van der Waals surface area (Å²) in [7, 11) is -6.00. The van der Waals surface area contributed by atoms with Gasteiger partial charge in [-0.3, -0.25) is 0 Å². The smallest absolute Gasteiger partial charge is 0.418 e. The topological polar surface area (TPSA) is 16.6 Å². The Morgan fingerprint density at radius 3 is 1.27 bits per heavy atom. The van der Waals surface area contributed by atoms with Gasteiger partial charge in [0, 0.05) is 12.8 Å². The highest BCUT2D eigenvalue weighted by molar-refractivity contribution is 6.50. The van der Waals surface area contributed by atoms with Crippen molar-refractivity contribution < 1.29 is 22.6 Å². The lowest BCUT2D eigenvalue weighted by Crippen LogP contribution is -3.04. The summed E-state index contributed by atoms with van der Waals surface area (Å²) in [6, 6.07) is 0. The maximum absolute atomic E-state index is 9.75. The van der Waals surface area contributed by atoms with Crippen LogP contribution < -0.4 is 5.32 Å². The monoisotopic (exact) mass is 229 g/mol.